The first kappa shape index (κ1) is 13.5. The van der Waals surface area contributed by atoms with Crippen molar-refractivity contribution in [1.82, 2.24) is 4.98 Å². The minimum atomic E-state index is -0.426. The number of anilines is 2. The number of aromatic nitrogens is 1. The summed E-state index contributed by atoms with van der Waals surface area (Å²) in [5, 5.41) is 10.9. The lowest BCUT2D eigenvalue weighted by atomic mass is 9.94. The van der Waals surface area contributed by atoms with Gasteiger partial charge in [0.2, 0.25) is 0 Å². The third-order valence-electron chi connectivity index (χ3n) is 3.67. The van der Waals surface area contributed by atoms with E-state index < -0.39 is 4.92 Å². The zero-order chi connectivity index (χ0) is 13.8. The fourth-order valence-corrected chi connectivity index (χ4v) is 2.41. The van der Waals surface area contributed by atoms with Crippen molar-refractivity contribution in [2.75, 3.05) is 23.4 Å². The maximum Gasteiger partial charge on any atom is 0.276 e. The molecule has 7 nitrogen and oxygen atoms in total. The van der Waals surface area contributed by atoms with Crippen molar-refractivity contribution in [1.29, 1.82) is 0 Å². The Hall–Kier alpha value is -1.89. The van der Waals surface area contributed by atoms with E-state index >= 15 is 0 Å². The molecule has 1 saturated heterocycles. The van der Waals surface area contributed by atoms with E-state index in [2.05, 4.69) is 22.2 Å². The van der Waals surface area contributed by atoms with Gasteiger partial charge in [0.05, 0.1) is 17.1 Å². The molecule has 2 heterocycles. The molecule has 0 amide bonds. The largest absolute Gasteiger partial charge is 0.356 e. The quantitative estimate of drug-likeness (QED) is 0.490. The lowest BCUT2D eigenvalue weighted by molar-refractivity contribution is -0.384. The van der Waals surface area contributed by atoms with Gasteiger partial charge in [-0.2, -0.15) is 0 Å². The second kappa shape index (κ2) is 5.83. The number of nitrogens with two attached hydrogens (primary N) is 1. The van der Waals surface area contributed by atoms with E-state index in [9.17, 15) is 10.1 Å². The lowest BCUT2D eigenvalue weighted by Gasteiger charge is -2.32. The monoisotopic (exact) mass is 265 g/mol. The molecular formula is C12H19N5O2. The van der Waals surface area contributed by atoms with Gasteiger partial charge in [-0.3, -0.25) is 10.1 Å². The molecule has 0 aromatic carbocycles. The van der Waals surface area contributed by atoms with Crippen LogP contribution in [0.5, 0.6) is 0 Å². The molecule has 0 spiro atoms. The van der Waals surface area contributed by atoms with Crippen molar-refractivity contribution in [3.8, 4) is 0 Å². The Morgan fingerprint density at radius 2 is 2.21 bits per heavy atom. The Kier molecular flexibility index (Phi) is 4.16. The van der Waals surface area contributed by atoms with E-state index in [0.717, 1.165) is 31.8 Å². The van der Waals surface area contributed by atoms with Crippen LogP contribution in [0.2, 0.25) is 0 Å². The molecule has 2 rings (SSSR count). The minimum absolute atomic E-state index is 0.00978. The average Bonchev–Trinajstić information content (AvgIpc) is 2.46. The van der Waals surface area contributed by atoms with Crippen LogP contribution < -0.4 is 16.2 Å². The molecule has 0 atom stereocenters. The van der Waals surface area contributed by atoms with Crippen molar-refractivity contribution >= 4 is 17.3 Å². The summed E-state index contributed by atoms with van der Waals surface area (Å²) in [5.41, 5.74) is 2.39. The first-order chi connectivity index (χ1) is 9.13. The summed E-state index contributed by atoms with van der Waals surface area (Å²) < 4.78 is 0. The van der Waals surface area contributed by atoms with Gasteiger partial charge in [0.25, 0.3) is 5.69 Å². The van der Waals surface area contributed by atoms with Crippen LogP contribution in [0.1, 0.15) is 26.2 Å². The topological polar surface area (TPSA) is 97.3 Å². The molecule has 3 N–H and O–H groups in total. The predicted molar refractivity (Wildman–Crippen MR) is 73.9 cm³/mol. The lowest BCUT2D eigenvalue weighted by Crippen LogP contribution is -2.34. The zero-order valence-electron chi connectivity index (χ0n) is 11.0. The van der Waals surface area contributed by atoms with Gasteiger partial charge in [0, 0.05) is 13.1 Å². The van der Waals surface area contributed by atoms with Crippen molar-refractivity contribution in [3.63, 3.8) is 0 Å². The molecule has 19 heavy (non-hydrogen) atoms. The highest BCUT2D eigenvalue weighted by Crippen LogP contribution is 2.27. The maximum absolute atomic E-state index is 10.9. The highest BCUT2D eigenvalue weighted by Gasteiger charge is 2.21. The molecule has 7 heteroatoms. The first-order valence-corrected chi connectivity index (χ1v) is 6.52. The minimum Gasteiger partial charge on any atom is -0.356 e. The predicted octanol–water partition coefficient (Wildman–Crippen LogP) is 1.90. The molecule has 1 aliphatic rings. The van der Waals surface area contributed by atoms with Gasteiger partial charge >= 0.3 is 0 Å². The van der Waals surface area contributed by atoms with E-state index in [1.807, 2.05) is 0 Å². The maximum atomic E-state index is 10.9. The number of pyridine rings is 1. The second-order valence-corrected chi connectivity index (χ2v) is 4.81. The van der Waals surface area contributed by atoms with Crippen LogP contribution in [0.4, 0.5) is 17.3 Å². The fraction of sp³-hybridized carbons (Fsp3) is 0.583. The summed E-state index contributed by atoms with van der Waals surface area (Å²) in [7, 11) is 0. The number of piperidine rings is 1. The van der Waals surface area contributed by atoms with E-state index in [1.165, 1.54) is 18.6 Å². The summed E-state index contributed by atoms with van der Waals surface area (Å²) in [6.07, 6.45) is 3.39. The Morgan fingerprint density at radius 3 is 2.74 bits per heavy atom. The number of nitro groups is 1. The van der Waals surface area contributed by atoms with E-state index in [0.29, 0.717) is 11.6 Å². The van der Waals surface area contributed by atoms with Gasteiger partial charge in [0.1, 0.15) is 11.6 Å². The van der Waals surface area contributed by atoms with E-state index in [4.69, 9.17) is 5.84 Å². The third-order valence-corrected chi connectivity index (χ3v) is 3.67. The Morgan fingerprint density at radius 1 is 1.53 bits per heavy atom. The average molecular weight is 265 g/mol. The van der Waals surface area contributed by atoms with Crippen LogP contribution in [0.3, 0.4) is 0 Å². The van der Waals surface area contributed by atoms with Gasteiger partial charge in [-0.25, -0.2) is 10.8 Å². The number of nitrogen functional groups attached to an aromatic ring is 1. The van der Waals surface area contributed by atoms with Crippen LogP contribution in [0.15, 0.2) is 12.1 Å². The highest BCUT2D eigenvalue weighted by molar-refractivity contribution is 5.55. The molecule has 1 fully saturated rings. The Bertz CT molecular complexity index is 457. The Balaban J connectivity index is 2.20. The number of hydrogen-bond donors (Lipinski definition) is 2. The number of rotatable bonds is 4. The van der Waals surface area contributed by atoms with Gasteiger partial charge in [0.15, 0.2) is 0 Å². The molecule has 0 bridgehead atoms. The van der Waals surface area contributed by atoms with Crippen LogP contribution >= 0.6 is 0 Å². The van der Waals surface area contributed by atoms with Crippen molar-refractivity contribution in [2.45, 2.75) is 26.2 Å². The molecule has 0 aliphatic carbocycles. The number of hydrazine groups is 1. The van der Waals surface area contributed by atoms with Crippen LogP contribution in [0.25, 0.3) is 0 Å². The summed E-state index contributed by atoms with van der Waals surface area (Å²) in [5.74, 6) is 7.00. The Labute approximate surface area is 111 Å². The SMILES string of the molecule is CCC1CCN(c2cc([N+](=O)[O-])cc(NN)n2)CC1. The zero-order valence-corrected chi connectivity index (χ0v) is 11.0. The van der Waals surface area contributed by atoms with Crippen LogP contribution in [-0.4, -0.2) is 23.0 Å². The number of nitrogens with one attached hydrogen (secondary N) is 1. The molecule has 104 valence electrons. The second-order valence-electron chi connectivity index (χ2n) is 4.81. The first-order valence-electron chi connectivity index (χ1n) is 6.52. The molecule has 1 aromatic heterocycles. The normalized spacial score (nSPS) is 16.4. The molecule has 0 saturated carbocycles. The summed E-state index contributed by atoms with van der Waals surface area (Å²) in [6, 6.07) is 2.84. The molecular weight excluding hydrogens is 246 g/mol. The third kappa shape index (κ3) is 3.11. The van der Waals surface area contributed by atoms with Crippen LogP contribution in [0, 0.1) is 16.0 Å². The molecule has 1 aliphatic heterocycles. The van der Waals surface area contributed by atoms with Gasteiger partial charge < -0.3 is 10.3 Å². The molecule has 0 unspecified atom stereocenters. The smallest absolute Gasteiger partial charge is 0.276 e. The fourth-order valence-electron chi connectivity index (χ4n) is 2.41. The highest BCUT2D eigenvalue weighted by atomic mass is 16.6. The summed E-state index contributed by atoms with van der Waals surface area (Å²) in [6.45, 7) is 3.97. The van der Waals surface area contributed by atoms with Gasteiger partial charge in [-0.1, -0.05) is 13.3 Å². The van der Waals surface area contributed by atoms with E-state index in [1.54, 1.807) is 0 Å². The van der Waals surface area contributed by atoms with Crippen molar-refractivity contribution in [2.24, 2.45) is 11.8 Å². The van der Waals surface area contributed by atoms with Crippen LogP contribution in [-0.2, 0) is 0 Å². The molecule has 1 aromatic rings. The summed E-state index contributed by atoms with van der Waals surface area (Å²) >= 11 is 0. The van der Waals surface area contributed by atoms with Gasteiger partial charge in [-0.15, -0.1) is 0 Å². The molecule has 0 radical (unpaired) electrons. The van der Waals surface area contributed by atoms with Crippen molar-refractivity contribution in [3.05, 3.63) is 22.2 Å². The van der Waals surface area contributed by atoms with Crippen molar-refractivity contribution < 1.29 is 4.92 Å². The van der Waals surface area contributed by atoms with Gasteiger partial charge in [-0.05, 0) is 18.8 Å². The number of nitrogens with zero attached hydrogens (tertiary/aromatic N) is 3. The summed E-state index contributed by atoms with van der Waals surface area (Å²) in [4.78, 5) is 16.8. The number of hydrogen-bond acceptors (Lipinski definition) is 6. The standard InChI is InChI=1S/C12H19N5O2/c1-2-9-3-5-16(6-4-9)12-8-10(17(18)19)7-11(14-12)15-13/h7-9H,2-6,13H2,1H3,(H,14,15). The van der Waals surface area contributed by atoms with E-state index in [-0.39, 0.29) is 5.69 Å².